The molecule has 0 spiro atoms. The number of ether oxygens (including phenoxy) is 3. The number of methoxy groups -OCH3 is 1. The largest absolute Gasteiger partial charge is 0.472 e. The predicted molar refractivity (Wildman–Crippen MR) is 84.8 cm³/mol. The second-order valence-corrected chi connectivity index (χ2v) is 6.71. The lowest BCUT2D eigenvalue weighted by molar-refractivity contribution is -0.145. The third-order valence-corrected chi connectivity index (χ3v) is 3.47. The molecule has 8 nitrogen and oxygen atoms in total. The normalized spacial score (nSPS) is 20.6. The van der Waals surface area contributed by atoms with Crippen molar-refractivity contribution < 1.29 is 23.8 Å². The molecule has 0 saturated carbocycles. The molecule has 0 N–H and O–H groups in total. The highest BCUT2D eigenvalue weighted by Crippen LogP contribution is 2.25. The van der Waals surface area contributed by atoms with E-state index >= 15 is 0 Å². The topological polar surface area (TPSA) is 90.9 Å². The zero-order chi connectivity index (χ0) is 17.9. The van der Waals surface area contributed by atoms with Crippen molar-refractivity contribution in [1.29, 1.82) is 0 Å². The molecule has 0 aromatic carbocycles. The van der Waals surface area contributed by atoms with Crippen molar-refractivity contribution in [2.45, 2.75) is 44.9 Å². The number of aromatic nitrogens is 2. The molecule has 1 aliphatic rings. The van der Waals surface area contributed by atoms with Gasteiger partial charge in [0.1, 0.15) is 29.2 Å². The molecular weight excluding hydrogens is 338 g/mol. The molecule has 1 amide bonds. The Morgan fingerprint density at radius 3 is 2.62 bits per heavy atom. The van der Waals surface area contributed by atoms with Gasteiger partial charge in [-0.15, -0.1) is 0 Å². The Labute approximate surface area is 145 Å². The fraction of sp³-hybridized carbons (Fsp3) is 0.600. The number of likely N-dealkylation sites (tertiary alicyclic amines) is 1. The Bertz CT molecular complexity index is 619. The van der Waals surface area contributed by atoms with Gasteiger partial charge in [0.2, 0.25) is 5.88 Å². The van der Waals surface area contributed by atoms with Crippen LogP contribution in [-0.4, -0.2) is 58.3 Å². The first kappa shape index (κ1) is 18.3. The number of hydrogen-bond donors (Lipinski definition) is 0. The Balaban J connectivity index is 2.11. The molecule has 9 heteroatoms. The van der Waals surface area contributed by atoms with E-state index in [1.54, 1.807) is 20.8 Å². The molecule has 24 heavy (non-hydrogen) atoms. The van der Waals surface area contributed by atoms with Crippen molar-refractivity contribution in [3.05, 3.63) is 17.5 Å². The van der Waals surface area contributed by atoms with Crippen LogP contribution in [0.3, 0.4) is 0 Å². The minimum Gasteiger partial charge on any atom is -0.472 e. The van der Waals surface area contributed by atoms with Gasteiger partial charge in [0.05, 0.1) is 13.7 Å². The Morgan fingerprint density at radius 1 is 1.33 bits per heavy atom. The van der Waals surface area contributed by atoms with Crippen LogP contribution >= 0.6 is 11.6 Å². The minimum absolute atomic E-state index is 0.177. The zero-order valence-electron chi connectivity index (χ0n) is 14.0. The van der Waals surface area contributed by atoms with E-state index in [1.165, 1.54) is 24.4 Å². The van der Waals surface area contributed by atoms with Crippen LogP contribution < -0.4 is 4.74 Å². The van der Waals surface area contributed by atoms with Crippen LogP contribution in [0, 0.1) is 0 Å². The van der Waals surface area contributed by atoms with E-state index in [4.69, 9.17) is 25.8 Å². The number of hydrogen-bond acceptors (Lipinski definition) is 7. The second kappa shape index (κ2) is 7.21. The summed E-state index contributed by atoms with van der Waals surface area (Å²) in [5.41, 5.74) is -0.670. The molecule has 1 fully saturated rings. The third kappa shape index (κ3) is 4.70. The van der Waals surface area contributed by atoms with Crippen molar-refractivity contribution in [2.75, 3.05) is 13.7 Å². The zero-order valence-corrected chi connectivity index (χ0v) is 14.7. The van der Waals surface area contributed by atoms with E-state index in [-0.39, 0.29) is 24.0 Å². The summed E-state index contributed by atoms with van der Waals surface area (Å²) in [4.78, 5) is 33.3. The highest BCUT2D eigenvalue weighted by molar-refractivity contribution is 6.29. The van der Waals surface area contributed by atoms with Crippen molar-refractivity contribution in [3.8, 4) is 5.88 Å². The first-order chi connectivity index (χ1) is 11.2. The van der Waals surface area contributed by atoms with Gasteiger partial charge in [-0.2, -0.15) is 0 Å². The number of carbonyl (C=O) groups excluding carboxylic acids is 2. The summed E-state index contributed by atoms with van der Waals surface area (Å²) in [5, 5.41) is 0.242. The molecule has 2 atom stereocenters. The van der Waals surface area contributed by atoms with Gasteiger partial charge < -0.3 is 14.2 Å². The number of nitrogens with zero attached hydrogens (tertiary/aromatic N) is 3. The Morgan fingerprint density at radius 2 is 2.04 bits per heavy atom. The molecule has 1 aromatic rings. The molecule has 0 radical (unpaired) electrons. The molecule has 2 rings (SSSR count). The monoisotopic (exact) mass is 357 g/mol. The lowest BCUT2D eigenvalue weighted by Crippen LogP contribution is -2.44. The first-order valence-electron chi connectivity index (χ1n) is 7.41. The smallest absolute Gasteiger partial charge is 0.411 e. The SMILES string of the molecule is COC(=O)[C@@H]1C[C@@H](Oc2cc(Cl)ncn2)CN1C(=O)OC(C)(C)C. The van der Waals surface area contributed by atoms with Crippen LogP contribution in [-0.2, 0) is 14.3 Å². The maximum atomic E-state index is 12.3. The number of rotatable bonds is 3. The highest BCUT2D eigenvalue weighted by Gasteiger charge is 2.43. The summed E-state index contributed by atoms with van der Waals surface area (Å²) in [7, 11) is 1.27. The van der Waals surface area contributed by atoms with E-state index < -0.39 is 29.8 Å². The molecule has 132 valence electrons. The Kier molecular flexibility index (Phi) is 5.48. The van der Waals surface area contributed by atoms with Gasteiger partial charge in [-0.3, -0.25) is 4.90 Å². The van der Waals surface area contributed by atoms with Crippen LogP contribution in [0.5, 0.6) is 5.88 Å². The fourth-order valence-corrected chi connectivity index (χ4v) is 2.45. The fourth-order valence-electron chi connectivity index (χ4n) is 2.32. The molecule has 2 heterocycles. The lowest BCUT2D eigenvalue weighted by atomic mass is 10.2. The summed E-state index contributed by atoms with van der Waals surface area (Å²) < 4.78 is 15.8. The maximum absolute atomic E-state index is 12.3. The molecule has 1 aliphatic heterocycles. The van der Waals surface area contributed by atoms with Crippen molar-refractivity contribution >= 4 is 23.7 Å². The summed E-state index contributed by atoms with van der Waals surface area (Å²) in [5.74, 6) is -0.248. The van der Waals surface area contributed by atoms with Crippen LogP contribution in [0.1, 0.15) is 27.2 Å². The molecule has 1 saturated heterocycles. The van der Waals surface area contributed by atoms with Crippen LogP contribution in [0.15, 0.2) is 12.4 Å². The van der Waals surface area contributed by atoms with Gasteiger partial charge in [0.25, 0.3) is 0 Å². The van der Waals surface area contributed by atoms with E-state index in [0.717, 1.165) is 0 Å². The van der Waals surface area contributed by atoms with Crippen molar-refractivity contribution in [2.24, 2.45) is 0 Å². The van der Waals surface area contributed by atoms with E-state index in [2.05, 4.69) is 9.97 Å². The molecule has 0 bridgehead atoms. The maximum Gasteiger partial charge on any atom is 0.411 e. The second-order valence-electron chi connectivity index (χ2n) is 6.33. The summed E-state index contributed by atoms with van der Waals surface area (Å²) in [6, 6.07) is 0.692. The molecule has 0 aliphatic carbocycles. The number of esters is 1. The quantitative estimate of drug-likeness (QED) is 0.604. The average molecular weight is 358 g/mol. The summed E-state index contributed by atoms with van der Waals surface area (Å²) in [6.07, 6.45) is 0.515. The van der Waals surface area contributed by atoms with Crippen molar-refractivity contribution in [3.63, 3.8) is 0 Å². The lowest BCUT2D eigenvalue weighted by Gasteiger charge is -2.27. The number of amides is 1. The van der Waals surface area contributed by atoms with Crippen LogP contribution in [0.4, 0.5) is 4.79 Å². The van der Waals surface area contributed by atoms with Gasteiger partial charge in [-0.25, -0.2) is 19.6 Å². The highest BCUT2D eigenvalue weighted by atomic mass is 35.5. The van der Waals surface area contributed by atoms with Gasteiger partial charge >= 0.3 is 12.1 Å². The summed E-state index contributed by atoms with van der Waals surface area (Å²) in [6.45, 7) is 5.44. The summed E-state index contributed by atoms with van der Waals surface area (Å²) >= 11 is 5.79. The first-order valence-corrected chi connectivity index (χ1v) is 7.79. The van der Waals surface area contributed by atoms with Crippen LogP contribution in [0.2, 0.25) is 5.15 Å². The minimum atomic E-state index is -0.771. The van der Waals surface area contributed by atoms with Crippen molar-refractivity contribution in [1.82, 2.24) is 14.9 Å². The molecule has 0 unspecified atom stereocenters. The molecule has 1 aromatic heterocycles. The van der Waals surface area contributed by atoms with E-state index in [0.29, 0.717) is 0 Å². The van der Waals surface area contributed by atoms with Gasteiger partial charge in [-0.1, -0.05) is 11.6 Å². The number of carbonyl (C=O) groups is 2. The predicted octanol–water partition coefficient (Wildman–Crippen LogP) is 2.06. The van der Waals surface area contributed by atoms with E-state index in [9.17, 15) is 9.59 Å². The van der Waals surface area contributed by atoms with Crippen LogP contribution in [0.25, 0.3) is 0 Å². The standard InChI is InChI=1S/C15H20ClN3O5/c1-15(2,3)24-14(21)19-7-9(5-10(19)13(20)22-4)23-12-6-11(16)17-8-18-12/h6,8-10H,5,7H2,1-4H3/t9-,10+/m1/s1. The van der Waals surface area contributed by atoms with E-state index in [1.807, 2.05) is 0 Å². The third-order valence-electron chi connectivity index (χ3n) is 3.26. The average Bonchev–Trinajstić information content (AvgIpc) is 2.88. The van der Waals surface area contributed by atoms with Gasteiger partial charge in [0, 0.05) is 12.5 Å². The number of halogens is 1. The van der Waals surface area contributed by atoms with Gasteiger partial charge in [-0.05, 0) is 20.8 Å². The Hall–Kier alpha value is -2.09. The molecular formula is C15H20ClN3O5. The van der Waals surface area contributed by atoms with Gasteiger partial charge in [0.15, 0.2) is 0 Å².